The maximum Gasteiger partial charge on any atom is 0.0994 e. The lowest BCUT2D eigenvalue weighted by Gasteiger charge is -2.15. The SMILES string of the molecule is Cc1ccc(-n2cncc2C(N)c2ccccc2)cc1Br. The van der Waals surface area contributed by atoms with Crippen molar-refractivity contribution >= 4 is 15.9 Å². The second-order valence-electron chi connectivity index (χ2n) is 5.01. The Bertz CT molecular complexity index is 750. The van der Waals surface area contributed by atoms with Crippen molar-refractivity contribution in [1.82, 2.24) is 9.55 Å². The third-order valence-corrected chi connectivity index (χ3v) is 4.43. The van der Waals surface area contributed by atoms with E-state index < -0.39 is 0 Å². The Hall–Kier alpha value is -1.91. The normalized spacial score (nSPS) is 12.3. The van der Waals surface area contributed by atoms with Gasteiger partial charge in [-0.1, -0.05) is 52.3 Å². The molecule has 106 valence electrons. The Balaban J connectivity index is 2.03. The average Bonchev–Trinajstić information content (AvgIpc) is 2.99. The van der Waals surface area contributed by atoms with Gasteiger partial charge in [0.15, 0.2) is 0 Å². The van der Waals surface area contributed by atoms with Crippen LogP contribution in [-0.4, -0.2) is 9.55 Å². The molecule has 0 fully saturated rings. The highest BCUT2D eigenvalue weighted by molar-refractivity contribution is 9.10. The number of rotatable bonds is 3. The molecule has 1 unspecified atom stereocenters. The lowest BCUT2D eigenvalue weighted by atomic mass is 10.1. The molecule has 0 aliphatic heterocycles. The molecule has 0 spiro atoms. The summed E-state index contributed by atoms with van der Waals surface area (Å²) in [6.45, 7) is 2.07. The Kier molecular flexibility index (Phi) is 3.90. The first kappa shape index (κ1) is 14.0. The summed E-state index contributed by atoms with van der Waals surface area (Å²) in [7, 11) is 0. The van der Waals surface area contributed by atoms with Crippen LogP contribution in [-0.2, 0) is 0 Å². The van der Waals surface area contributed by atoms with Crippen molar-refractivity contribution < 1.29 is 0 Å². The molecule has 3 nitrogen and oxygen atoms in total. The summed E-state index contributed by atoms with van der Waals surface area (Å²) >= 11 is 3.57. The van der Waals surface area contributed by atoms with Gasteiger partial charge in [0.2, 0.25) is 0 Å². The van der Waals surface area contributed by atoms with E-state index in [1.54, 1.807) is 6.33 Å². The van der Waals surface area contributed by atoms with Gasteiger partial charge in [-0.15, -0.1) is 0 Å². The van der Waals surface area contributed by atoms with Crippen molar-refractivity contribution in [3.05, 3.63) is 82.3 Å². The van der Waals surface area contributed by atoms with Gasteiger partial charge in [-0.25, -0.2) is 4.98 Å². The molecule has 1 aromatic heterocycles. The van der Waals surface area contributed by atoms with Gasteiger partial charge in [0, 0.05) is 10.2 Å². The molecule has 0 saturated heterocycles. The van der Waals surface area contributed by atoms with Gasteiger partial charge in [-0.3, -0.25) is 0 Å². The zero-order valence-electron chi connectivity index (χ0n) is 11.7. The number of aryl methyl sites for hydroxylation is 1. The second kappa shape index (κ2) is 5.84. The fraction of sp³-hybridized carbons (Fsp3) is 0.118. The summed E-state index contributed by atoms with van der Waals surface area (Å²) < 4.78 is 3.11. The van der Waals surface area contributed by atoms with Gasteiger partial charge in [-0.05, 0) is 30.2 Å². The van der Waals surface area contributed by atoms with Crippen LogP contribution in [0.25, 0.3) is 5.69 Å². The van der Waals surface area contributed by atoms with E-state index in [1.807, 2.05) is 41.1 Å². The Morgan fingerprint density at radius 3 is 2.62 bits per heavy atom. The summed E-state index contributed by atoms with van der Waals surface area (Å²) in [5, 5.41) is 0. The summed E-state index contributed by atoms with van der Waals surface area (Å²) in [6.07, 6.45) is 3.63. The second-order valence-corrected chi connectivity index (χ2v) is 5.86. The third kappa shape index (κ3) is 2.77. The molecule has 4 heteroatoms. The lowest BCUT2D eigenvalue weighted by molar-refractivity contribution is 0.793. The summed E-state index contributed by atoms with van der Waals surface area (Å²) in [4.78, 5) is 4.26. The standard InChI is InChI=1S/C17H16BrN3/c1-12-7-8-14(9-15(12)18)21-11-20-10-16(21)17(19)13-5-3-2-4-6-13/h2-11,17H,19H2,1H3. The van der Waals surface area contributed by atoms with Gasteiger partial charge >= 0.3 is 0 Å². The highest BCUT2D eigenvalue weighted by Crippen LogP contribution is 2.25. The number of benzene rings is 2. The van der Waals surface area contributed by atoms with Gasteiger partial charge in [0.1, 0.15) is 0 Å². The predicted octanol–water partition coefficient (Wildman–Crippen LogP) is 3.99. The molecule has 0 bridgehead atoms. The average molecular weight is 342 g/mol. The molecule has 0 radical (unpaired) electrons. The van der Waals surface area contributed by atoms with Gasteiger partial charge < -0.3 is 10.3 Å². The lowest BCUT2D eigenvalue weighted by Crippen LogP contribution is -2.15. The van der Waals surface area contributed by atoms with E-state index in [0.29, 0.717) is 0 Å². The van der Waals surface area contributed by atoms with E-state index in [1.165, 1.54) is 5.56 Å². The number of nitrogens with two attached hydrogens (primary N) is 1. The van der Waals surface area contributed by atoms with Crippen LogP contribution in [0.2, 0.25) is 0 Å². The summed E-state index contributed by atoms with van der Waals surface area (Å²) in [6, 6.07) is 16.1. The smallest absolute Gasteiger partial charge is 0.0994 e. The van der Waals surface area contributed by atoms with Crippen LogP contribution in [0, 0.1) is 6.92 Å². The molecule has 0 aliphatic rings. The van der Waals surface area contributed by atoms with Crippen LogP contribution in [0.4, 0.5) is 0 Å². The molecule has 0 aliphatic carbocycles. The first-order valence-electron chi connectivity index (χ1n) is 6.76. The quantitative estimate of drug-likeness (QED) is 0.782. The number of hydrogen-bond donors (Lipinski definition) is 1. The molecule has 2 N–H and O–H groups in total. The van der Waals surface area contributed by atoms with Gasteiger partial charge in [0.05, 0.1) is 24.3 Å². The zero-order valence-corrected chi connectivity index (χ0v) is 13.3. The third-order valence-electron chi connectivity index (χ3n) is 3.58. The highest BCUT2D eigenvalue weighted by atomic mass is 79.9. The monoisotopic (exact) mass is 341 g/mol. The van der Waals surface area contributed by atoms with Crippen LogP contribution in [0.15, 0.2) is 65.5 Å². The van der Waals surface area contributed by atoms with Crippen LogP contribution in [0.1, 0.15) is 22.9 Å². The topological polar surface area (TPSA) is 43.8 Å². The fourth-order valence-electron chi connectivity index (χ4n) is 2.31. The predicted molar refractivity (Wildman–Crippen MR) is 88.5 cm³/mol. The maximum absolute atomic E-state index is 6.39. The van der Waals surface area contributed by atoms with Gasteiger partial charge in [0.25, 0.3) is 0 Å². The van der Waals surface area contributed by atoms with E-state index in [4.69, 9.17) is 5.73 Å². The van der Waals surface area contributed by atoms with E-state index in [-0.39, 0.29) is 6.04 Å². The number of imidazole rings is 1. The summed E-state index contributed by atoms with van der Waals surface area (Å²) in [5.74, 6) is 0. The van der Waals surface area contributed by atoms with Crippen molar-refractivity contribution in [3.8, 4) is 5.69 Å². The molecule has 2 aromatic carbocycles. The molecule has 0 amide bonds. The van der Waals surface area contributed by atoms with Crippen molar-refractivity contribution in [2.45, 2.75) is 13.0 Å². The minimum Gasteiger partial charge on any atom is -0.319 e. The number of hydrogen-bond acceptors (Lipinski definition) is 2. The number of halogens is 1. The molecule has 1 heterocycles. The van der Waals surface area contributed by atoms with Crippen LogP contribution >= 0.6 is 15.9 Å². The van der Waals surface area contributed by atoms with Crippen LogP contribution < -0.4 is 5.73 Å². The van der Waals surface area contributed by atoms with Crippen LogP contribution in [0.5, 0.6) is 0 Å². The van der Waals surface area contributed by atoms with E-state index in [9.17, 15) is 0 Å². The fourth-order valence-corrected chi connectivity index (χ4v) is 2.68. The molecule has 3 rings (SSSR count). The molecular formula is C17H16BrN3. The first-order valence-corrected chi connectivity index (χ1v) is 7.55. The van der Waals surface area contributed by atoms with Crippen molar-refractivity contribution in [3.63, 3.8) is 0 Å². The van der Waals surface area contributed by atoms with Gasteiger partial charge in [-0.2, -0.15) is 0 Å². The largest absolute Gasteiger partial charge is 0.319 e. The maximum atomic E-state index is 6.39. The summed E-state index contributed by atoms with van der Waals surface area (Å²) in [5.41, 5.74) is 10.7. The molecule has 3 aromatic rings. The Morgan fingerprint density at radius 2 is 1.90 bits per heavy atom. The van der Waals surface area contributed by atoms with Crippen molar-refractivity contribution in [1.29, 1.82) is 0 Å². The minimum atomic E-state index is -0.200. The van der Waals surface area contributed by atoms with Crippen molar-refractivity contribution in [2.24, 2.45) is 5.73 Å². The number of aromatic nitrogens is 2. The molecule has 0 saturated carbocycles. The van der Waals surface area contributed by atoms with Crippen molar-refractivity contribution in [2.75, 3.05) is 0 Å². The first-order chi connectivity index (χ1) is 10.2. The Morgan fingerprint density at radius 1 is 1.14 bits per heavy atom. The Labute approximate surface area is 132 Å². The number of nitrogens with zero attached hydrogens (tertiary/aromatic N) is 2. The van der Waals surface area contributed by atoms with E-state index in [2.05, 4.69) is 46.0 Å². The molecule has 1 atom stereocenters. The highest BCUT2D eigenvalue weighted by Gasteiger charge is 2.14. The van der Waals surface area contributed by atoms with E-state index in [0.717, 1.165) is 21.4 Å². The zero-order chi connectivity index (χ0) is 14.8. The van der Waals surface area contributed by atoms with E-state index >= 15 is 0 Å². The molecular weight excluding hydrogens is 326 g/mol. The molecule has 21 heavy (non-hydrogen) atoms. The van der Waals surface area contributed by atoms with Crippen LogP contribution in [0.3, 0.4) is 0 Å². The minimum absolute atomic E-state index is 0.200.